The summed E-state index contributed by atoms with van der Waals surface area (Å²) in [4.78, 5) is 41.4. The van der Waals surface area contributed by atoms with Crippen molar-refractivity contribution >= 4 is 34.8 Å². The van der Waals surface area contributed by atoms with Crippen molar-refractivity contribution < 1.29 is 19.1 Å². The summed E-state index contributed by atoms with van der Waals surface area (Å²) in [5, 5.41) is 4.71. The van der Waals surface area contributed by atoms with Crippen LogP contribution in [0.25, 0.3) is 0 Å². The van der Waals surface area contributed by atoms with Crippen LogP contribution in [0.1, 0.15) is 45.3 Å². The Morgan fingerprint density at radius 2 is 1.76 bits per heavy atom. The number of hydrogen-bond donors (Lipinski definition) is 1. The molecule has 0 radical (unpaired) electrons. The van der Waals surface area contributed by atoms with Gasteiger partial charge in [-0.05, 0) is 61.4 Å². The van der Waals surface area contributed by atoms with Gasteiger partial charge in [-0.3, -0.25) is 9.59 Å². The molecule has 1 fully saturated rings. The Balaban J connectivity index is 1.54. The Morgan fingerprint density at radius 3 is 2.42 bits per heavy atom. The highest BCUT2D eigenvalue weighted by atomic mass is 32.1. The summed E-state index contributed by atoms with van der Waals surface area (Å²) in [5.41, 5.74) is 3.26. The maximum Gasteiger partial charge on any atom is 0.329 e. The average Bonchev–Trinajstić information content (AvgIpc) is 3.49. The van der Waals surface area contributed by atoms with E-state index >= 15 is 0 Å². The first-order chi connectivity index (χ1) is 15.9. The van der Waals surface area contributed by atoms with Crippen LogP contribution in [0, 0.1) is 13.8 Å². The van der Waals surface area contributed by atoms with E-state index in [9.17, 15) is 14.4 Å². The lowest BCUT2D eigenvalue weighted by molar-refractivity contribution is -0.158. The van der Waals surface area contributed by atoms with Gasteiger partial charge in [0.25, 0.3) is 11.8 Å². The zero-order chi connectivity index (χ0) is 23.4. The van der Waals surface area contributed by atoms with Gasteiger partial charge in [0.15, 0.2) is 0 Å². The summed E-state index contributed by atoms with van der Waals surface area (Å²) in [6, 6.07) is 17.5. The molecular weight excluding hydrogens is 436 g/mol. The number of benzene rings is 2. The average molecular weight is 463 g/mol. The molecule has 0 bridgehead atoms. The minimum Gasteiger partial charge on any atom is -0.446 e. The minimum absolute atomic E-state index is 0.180. The molecule has 2 unspecified atom stereocenters. The third kappa shape index (κ3) is 5.31. The second-order valence-corrected chi connectivity index (χ2v) is 9.17. The molecule has 1 aromatic heterocycles. The second kappa shape index (κ2) is 10.0. The normalized spacial score (nSPS) is 16.3. The van der Waals surface area contributed by atoms with E-state index in [-0.39, 0.29) is 5.91 Å². The molecule has 2 atom stereocenters. The predicted octanol–water partition coefficient (Wildman–Crippen LogP) is 4.89. The van der Waals surface area contributed by atoms with Gasteiger partial charge in [0, 0.05) is 17.8 Å². The van der Waals surface area contributed by atoms with Crippen molar-refractivity contribution in [2.75, 3.05) is 11.9 Å². The van der Waals surface area contributed by atoms with Gasteiger partial charge in [-0.1, -0.05) is 42.5 Å². The molecule has 4 rings (SSSR count). The number of nitrogens with zero attached hydrogens (tertiary/aromatic N) is 1. The van der Waals surface area contributed by atoms with Crippen LogP contribution in [0.5, 0.6) is 0 Å². The lowest BCUT2D eigenvalue weighted by Crippen LogP contribution is -2.42. The first kappa shape index (κ1) is 22.7. The molecule has 2 aromatic carbocycles. The Labute approximate surface area is 197 Å². The Bertz CT molecular complexity index is 1120. The maximum atomic E-state index is 13.2. The number of ether oxygens (including phenoxy) is 1. The smallest absolute Gasteiger partial charge is 0.329 e. The van der Waals surface area contributed by atoms with Gasteiger partial charge in [0.05, 0.1) is 4.88 Å². The number of likely N-dealkylation sites (tertiary alicyclic amines) is 1. The molecule has 1 aliphatic rings. The number of carbonyl (C=O) groups excluding carboxylic acids is 3. The Morgan fingerprint density at radius 1 is 1.03 bits per heavy atom. The number of esters is 1. The fraction of sp³-hybridized carbons (Fsp3) is 0.269. The van der Waals surface area contributed by atoms with Gasteiger partial charge in [-0.15, -0.1) is 11.3 Å². The maximum absolute atomic E-state index is 13.2. The summed E-state index contributed by atoms with van der Waals surface area (Å²) in [7, 11) is 0. The van der Waals surface area contributed by atoms with Crippen molar-refractivity contribution in [3.05, 3.63) is 87.6 Å². The number of rotatable bonds is 6. The summed E-state index contributed by atoms with van der Waals surface area (Å²) < 4.78 is 5.77. The van der Waals surface area contributed by atoms with Crippen molar-refractivity contribution in [2.24, 2.45) is 0 Å². The van der Waals surface area contributed by atoms with Gasteiger partial charge in [0.1, 0.15) is 6.04 Å². The van der Waals surface area contributed by atoms with Gasteiger partial charge >= 0.3 is 5.97 Å². The minimum atomic E-state index is -1.13. The van der Waals surface area contributed by atoms with E-state index in [1.165, 1.54) is 11.3 Å². The molecule has 33 heavy (non-hydrogen) atoms. The van der Waals surface area contributed by atoms with Crippen LogP contribution in [0.4, 0.5) is 5.69 Å². The van der Waals surface area contributed by atoms with Gasteiger partial charge in [-0.25, -0.2) is 4.79 Å². The van der Waals surface area contributed by atoms with E-state index in [1.54, 1.807) is 35.2 Å². The molecule has 1 aliphatic heterocycles. The van der Waals surface area contributed by atoms with E-state index in [4.69, 9.17) is 4.74 Å². The van der Waals surface area contributed by atoms with Crippen molar-refractivity contribution in [3.63, 3.8) is 0 Å². The lowest BCUT2D eigenvalue weighted by Gasteiger charge is -2.25. The largest absolute Gasteiger partial charge is 0.446 e. The fourth-order valence-corrected chi connectivity index (χ4v) is 4.83. The lowest BCUT2D eigenvalue weighted by atomic mass is 10.1. The molecule has 170 valence electrons. The van der Waals surface area contributed by atoms with Crippen LogP contribution in [-0.2, 0) is 14.3 Å². The van der Waals surface area contributed by atoms with Gasteiger partial charge in [0.2, 0.25) is 6.10 Å². The van der Waals surface area contributed by atoms with Gasteiger partial charge in [-0.2, -0.15) is 0 Å². The van der Waals surface area contributed by atoms with Crippen molar-refractivity contribution in [3.8, 4) is 0 Å². The summed E-state index contributed by atoms with van der Waals surface area (Å²) in [5.74, 6) is -1.18. The van der Waals surface area contributed by atoms with E-state index in [2.05, 4.69) is 5.32 Å². The van der Waals surface area contributed by atoms with E-state index < -0.39 is 24.0 Å². The fourth-order valence-electron chi connectivity index (χ4n) is 4.15. The standard InChI is InChI=1S/C26H26N2O4S/c1-17-14-18(2)16-20(15-17)27-24(29)23(19-8-4-3-5-9-19)32-26(31)21-10-6-12-28(21)25(30)22-11-7-13-33-22/h3-5,7-9,11,13-16,21,23H,6,10,12H2,1-2H3,(H,27,29). The summed E-state index contributed by atoms with van der Waals surface area (Å²) in [6.07, 6.45) is 0.0939. The van der Waals surface area contributed by atoms with E-state index in [0.717, 1.165) is 11.1 Å². The van der Waals surface area contributed by atoms with Crippen molar-refractivity contribution in [1.29, 1.82) is 0 Å². The first-order valence-corrected chi connectivity index (χ1v) is 11.8. The second-order valence-electron chi connectivity index (χ2n) is 8.23. The molecule has 2 amide bonds. The van der Waals surface area contributed by atoms with E-state index in [0.29, 0.717) is 35.5 Å². The van der Waals surface area contributed by atoms with E-state index in [1.807, 2.05) is 49.6 Å². The topological polar surface area (TPSA) is 75.7 Å². The third-order valence-electron chi connectivity index (χ3n) is 5.58. The number of anilines is 1. The molecule has 6 nitrogen and oxygen atoms in total. The Kier molecular flexibility index (Phi) is 6.89. The number of thiophene rings is 1. The monoisotopic (exact) mass is 462 g/mol. The van der Waals surface area contributed by atoms with Crippen LogP contribution < -0.4 is 5.32 Å². The molecule has 1 N–H and O–H groups in total. The number of aryl methyl sites for hydroxylation is 2. The molecule has 0 saturated carbocycles. The first-order valence-electron chi connectivity index (χ1n) is 10.9. The Hall–Kier alpha value is -3.45. The highest BCUT2D eigenvalue weighted by Gasteiger charge is 2.38. The van der Waals surface area contributed by atoms with Crippen LogP contribution in [-0.4, -0.2) is 35.3 Å². The summed E-state index contributed by atoms with van der Waals surface area (Å²) in [6.45, 7) is 4.40. The molecular formula is C26H26N2O4S. The zero-order valence-corrected chi connectivity index (χ0v) is 19.4. The number of hydrogen-bond acceptors (Lipinski definition) is 5. The zero-order valence-electron chi connectivity index (χ0n) is 18.6. The molecule has 1 saturated heterocycles. The number of carbonyl (C=O) groups is 3. The molecule has 0 aliphatic carbocycles. The molecule has 0 spiro atoms. The number of amides is 2. The van der Waals surface area contributed by atoms with Crippen LogP contribution in [0.2, 0.25) is 0 Å². The van der Waals surface area contributed by atoms with Crippen molar-refractivity contribution in [1.82, 2.24) is 4.90 Å². The van der Waals surface area contributed by atoms with Crippen LogP contribution in [0.15, 0.2) is 66.0 Å². The molecule has 3 aromatic rings. The van der Waals surface area contributed by atoms with Crippen LogP contribution >= 0.6 is 11.3 Å². The highest BCUT2D eigenvalue weighted by Crippen LogP contribution is 2.27. The van der Waals surface area contributed by atoms with Crippen molar-refractivity contribution in [2.45, 2.75) is 38.8 Å². The predicted molar refractivity (Wildman–Crippen MR) is 128 cm³/mol. The molecule has 7 heteroatoms. The van der Waals surface area contributed by atoms with Gasteiger partial charge < -0.3 is 15.0 Å². The quantitative estimate of drug-likeness (QED) is 0.529. The number of nitrogens with one attached hydrogen (secondary N) is 1. The summed E-state index contributed by atoms with van der Waals surface area (Å²) >= 11 is 1.34. The molecule has 2 heterocycles. The SMILES string of the molecule is Cc1cc(C)cc(NC(=O)C(OC(=O)C2CCCN2C(=O)c2cccs2)c2ccccc2)c1. The highest BCUT2D eigenvalue weighted by molar-refractivity contribution is 7.12. The van der Waals surface area contributed by atoms with Crippen LogP contribution in [0.3, 0.4) is 0 Å². The third-order valence-corrected chi connectivity index (χ3v) is 6.44.